The molecular formula is C24H26ClN3O4. The molecule has 0 bridgehead atoms. The maximum Gasteiger partial charge on any atom is 0.306 e. The maximum absolute atomic E-state index is 12.4. The van der Waals surface area contributed by atoms with Crippen LogP contribution in [0.2, 0.25) is 5.02 Å². The highest BCUT2D eigenvalue weighted by Gasteiger charge is 2.39. The highest BCUT2D eigenvalue weighted by Crippen LogP contribution is 2.34. The average Bonchev–Trinajstić information content (AvgIpc) is 3.51. The topological polar surface area (TPSA) is 84.7 Å². The van der Waals surface area contributed by atoms with E-state index >= 15 is 0 Å². The van der Waals surface area contributed by atoms with E-state index in [-0.39, 0.29) is 18.4 Å². The summed E-state index contributed by atoms with van der Waals surface area (Å²) in [5, 5.41) is 9.59. The minimum atomic E-state index is -1.03. The number of aromatic nitrogens is 2. The number of hydrogen-bond donors (Lipinski definition) is 1. The molecule has 2 aromatic carbocycles. The Morgan fingerprint density at radius 1 is 1.22 bits per heavy atom. The van der Waals surface area contributed by atoms with Gasteiger partial charge >= 0.3 is 5.97 Å². The summed E-state index contributed by atoms with van der Waals surface area (Å²) in [6.07, 6.45) is 2.53. The van der Waals surface area contributed by atoms with Crippen LogP contribution in [0.5, 0.6) is 0 Å². The van der Waals surface area contributed by atoms with E-state index in [4.69, 9.17) is 21.4 Å². The summed E-state index contributed by atoms with van der Waals surface area (Å²) in [6, 6.07) is 15.4. The van der Waals surface area contributed by atoms with Crippen molar-refractivity contribution in [2.45, 2.75) is 31.5 Å². The normalized spacial score (nSPS) is 20.7. The number of carboxylic acid groups (broad SMARTS) is 1. The second-order valence-electron chi connectivity index (χ2n) is 8.30. The number of halogens is 1. The first-order chi connectivity index (χ1) is 15.4. The summed E-state index contributed by atoms with van der Waals surface area (Å²) in [5.74, 6) is -0.698. The van der Waals surface area contributed by atoms with E-state index in [1.165, 1.54) is 5.52 Å². The molecule has 2 heterocycles. The van der Waals surface area contributed by atoms with Gasteiger partial charge in [0.15, 0.2) is 0 Å². The molecule has 1 unspecified atom stereocenters. The van der Waals surface area contributed by atoms with Gasteiger partial charge in [0, 0.05) is 18.6 Å². The smallest absolute Gasteiger partial charge is 0.306 e. The molecule has 2 fully saturated rings. The van der Waals surface area contributed by atoms with Crippen LogP contribution in [-0.2, 0) is 21.4 Å². The van der Waals surface area contributed by atoms with Crippen molar-refractivity contribution in [1.29, 1.82) is 0 Å². The SMILES string of the molecule is Cn1cnc2ccccc21.O=C(O)C[C@H]1OC(c2cccc(Cl)c2)CN(CC2CC2)C1=O. The molecule has 5 rings (SSSR count). The van der Waals surface area contributed by atoms with Crippen LogP contribution in [0.25, 0.3) is 11.0 Å². The number of para-hydroxylation sites is 2. The number of carbonyl (C=O) groups excluding carboxylic acids is 1. The number of ether oxygens (including phenoxy) is 1. The third-order valence-corrected chi connectivity index (χ3v) is 5.92. The van der Waals surface area contributed by atoms with Crippen molar-refractivity contribution < 1.29 is 19.4 Å². The van der Waals surface area contributed by atoms with Crippen molar-refractivity contribution in [2.24, 2.45) is 13.0 Å². The van der Waals surface area contributed by atoms with E-state index in [9.17, 15) is 9.59 Å². The Balaban J connectivity index is 0.000000203. The first kappa shape index (κ1) is 22.3. The average molecular weight is 456 g/mol. The Labute approximate surface area is 191 Å². The molecule has 2 aliphatic rings. The number of fused-ring (bicyclic) bond motifs is 1. The molecule has 0 spiro atoms. The van der Waals surface area contributed by atoms with Gasteiger partial charge in [-0.25, -0.2) is 4.98 Å². The van der Waals surface area contributed by atoms with Crippen LogP contribution in [0.3, 0.4) is 0 Å². The van der Waals surface area contributed by atoms with Gasteiger partial charge in [-0.3, -0.25) is 9.59 Å². The third-order valence-electron chi connectivity index (χ3n) is 5.69. The Morgan fingerprint density at radius 2 is 2.00 bits per heavy atom. The number of carbonyl (C=O) groups is 2. The van der Waals surface area contributed by atoms with Crippen LogP contribution in [0.4, 0.5) is 0 Å². The lowest BCUT2D eigenvalue weighted by Crippen LogP contribution is -2.50. The van der Waals surface area contributed by atoms with Gasteiger partial charge < -0.3 is 19.3 Å². The Morgan fingerprint density at radius 3 is 2.69 bits per heavy atom. The number of carboxylic acids is 1. The van der Waals surface area contributed by atoms with Crippen molar-refractivity contribution in [3.05, 3.63) is 65.4 Å². The zero-order valence-electron chi connectivity index (χ0n) is 17.9. The van der Waals surface area contributed by atoms with Gasteiger partial charge in [0.2, 0.25) is 0 Å². The van der Waals surface area contributed by atoms with E-state index in [0.717, 1.165) is 23.9 Å². The highest BCUT2D eigenvalue weighted by atomic mass is 35.5. The molecule has 8 heteroatoms. The van der Waals surface area contributed by atoms with Crippen LogP contribution in [0, 0.1) is 5.92 Å². The molecule has 1 N–H and O–H groups in total. The minimum absolute atomic E-state index is 0.215. The molecule has 168 valence electrons. The molecule has 7 nitrogen and oxygen atoms in total. The fourth-order valence-corrected chi connectivity index (χ4v) is 4.04. The molecule has 0 radical (unpaired) electrons. The number of aryl methyl sites for hydroxylation is 1. The van der Waals surface area contributed by atoms with Crippen molar-refractivity contribution in [1.82, 2.24) is 14.5 Å². The summed E-state index contributed by atoms with van der Waals surface area (Å²) in [5.41, 5.74) is 3.11. The zero-order valence-corrected chi connectivity index (χ0v) is 18.6. The number of imidazole rings is 1. The maximum atomic E-state index is 12.4. The standard InChI is InChI=1S/C16H18ClNO4.C8H8N2/c17-12-3-1-2-11(6-12)14-9-18(8-10-4-5-10)16(21)13(22-14)7-15(19)20;1-10-6-9-7-4-2-3-5-8(7)10/h1-3,6,10,13-14H,4-5,7-9H2,(H,19,20);2-6H,1H3/t13-,14?;/m1./s1. The fraction of sp³-hybridized carbons (Fsp3) is 0.375. The largest absolute Gasteiger partial charge is 0.481 e. The van der Waals surface area contributed by atoms with Gasteiger partial charge in [0.05, 0.1) is 30.3 Å². The van der Waals surface area contributed by atoms with Gasteiger partial charge in [-0.15, -0.1) is 0 Å². The number of aliphatic carboxylic acids is 1. The van der Waals surface area contributed by atoms with Crippen molar-refractivity contribution in [3.63, 3.8) is 0 Å². The molecule has 1 aromatic heterocycles. The van der Waals surface area contributed by atoms with Gasteiger partial charge in [0.25, 0.3) is 5.91 Å². The lowest BCUT2D eigenvalue weighted by atomic mass is 10.0. The van der Waals surface area contributed by atoms with Crippen LogP contribution < -0.4 is 0 Å². The highest BCUT2D eigenvalue weighted by molar-refractivity contribution is 6.30. The lowest BCUT2D eigenvalue weighted by molar-refractivity contribution is -0.168. The zero-order chi connectivity index (χ0) is 22.7. The molecule has 1 aliphatic carbocycles. The van der Waals surface area contributed by atoms with Crippen molar-refractivity contribution >= 4 is 34.5 Å². The molecule has 1 aliphatic heterocycles. The van der Waals surface area contributed by atoms with E-state index in [1.54, 1.807) is 17.0 Å². The van der Waals surface area contributed by atoms with Crippen molar-refractivity contribution in [3.8, 4) is 0 Å². The van der Waals surface area contributed by atoms with E-state index in [0.29, 0.717) is 24.0 Å². The summed E-state index contributed by atoms with van der Waals surface area (Å²) >= 11 is 6.01. The molecule has 3 aromatic rings. The molecular weight excluding hydrogens is 430 g/mol. The van der Waals surface area contributed by atoms with Crippen LogP contribution in [0.15, 0.2) is 54.9 Å². The number of rotatable bonds is 5. The van der Waals surface area contributed by atoms with E-state index < -0.39 is 12.1 Å². The Kier molecular flexibility index (Phi) is 6.77. The predicted octanol–water partition coefficient (Wildman–Crippen LogP) is 4.07. The minimum Gasteiger partial charge on any atom is -0.481 e. The first-order valence-corrected chi connectivity index (χ1v) is 11.1. The number of benzene rings is 2. The van der Waals surface area contributed by atoms with Crippen LogP contribution in [0.1, 0.15) is 30.9 Å². The number of amides is 1. The molecule has 1 amide bonds. The van der Waals surface area contributed by atoms with E-state index in [1.807, 2.05) is 48.3 Å². The molecule has 1 saturated carbocycles. The van der Waals surface area contributed by atoms with Gasteiger partial charge in [0.1, 0.15) is 12.2 Å². The predicted molar refractivity (Wildman–Crippen MR) is 121 cm³/mol. The third kappa shape index (κ3) is 5.47. The summed E-state index contributed by atoms with van der Waals surface area (Å²) in [6.45, 7) is 1.14. The monoisotopic (exact) mass is 455 g/mol. The van der Waals surface area contributed by atoms with Crippen LogP contribution in [-0.4, -0.2) is 50.6 Å². The summed E-state index contributed by atoms with van der Waals surface area (Å²) in [4.78, 5) is 29.3. The van der Waals surface area contributed by atoms with Gasteiger partial charge in [-0.2, -0.15) is 0 Å². The number of morpholine rings is 1. The summed E-state index contributed by atoms with van der Waals surface area (Å²) < 4.78 is 7.76. The van der Waals surface area contributed by atoms with E-state index in [2.05, 4.69) is 11.1 Å². The quantitative estimate of drug-likeness (QED) is 0.627. The second-order valence-corrected chi connectivity index (χ2v) is 8.73. The molecule has 32 heavy (non-hydrogen) atoms. The number of hydrogen-bond acceptors (Lipinski definition) is 4. The van der Waals surface area contributed by atoms with Gasteiger partial charge in [-0.05, 0) is 48.6 Å². The second kappa shape index (κ2) is 9.71. The molecule has 2 atom stereocenters. The summed E-state index contributed by atoms with van der Waals surface area (Å²) in [7, 11) is 2.00. The first-order valence-electron chi connectivity index (χ1n) is 10.7. The Bertz CT molecular complexity index is 1110. The van der Waals surface area contributed by atoms with Crippen LogP contribution >= 0.6 is 11.6 Å². The van der Waals surface area contributed by atoms with Crippen molar-refractivity contribution in [2.75, 3.05) is 13.1 Å². The molecule has 1 saturated heterocycles. The van der Waals surface area contributed by atoms with Gasteiger partial charge in [-0.1, -0.05) is 35.9 Å². The Hall–Kier alpha value is -2.90. The lowest BCUT2D eigenvalue weighted by Gasteiger charge is -2.37. The fourth-order valence-electron chi connectivity index (χ4n) is 3.84. The number of nitrogens with zero attached hydrogens (tertiary/aromatic N) is 3.